The molecule has 0 radical (unpaired) electrons. The van der Waals surface area contributed by atoms with E-state index in [1.54, 1.807) is 20.5 Å². The lowest BCUT2D eigenvalue weighted by Crippen LogP contribution is -2.52. The van der Waals surface area contributed by atoms with Gasteiger partial charge in [-0.25, -0.2) is 4.39 Å². The fourth-order valence-corrected chi connectivity index (χ4v) is 2.89. The molecule has 0 aromatic rings. The van der Waals surface area contributed by atoms with Gasteiger partial charge in [0.2, 0.25) is 1.43 Å². The van der Waals surface area contributed by atoms with E-state index in [4.69, 9.17) is 20.5 Å². The zero-order valence-electron chi connectivity index (χ0n) is 12.4. The Morgan fingerprint density at radius 3 is 3.11 bits per heavy atom. The smallest absolute Gasteiger partial charge is 0.211 e. The molecule has 1 aliphatic heterocycles. The zero-order chi connectivity index (χ0) is 15.1. The monoisotopic (exact) mass is 294 g/mol. The summed E-state index contributed by atoms with van der Waals surface area (Å²) in [6.07, 6.45) is -2.98. The molecule has 0 spiro atoms. The molecule has 5 nitrogen and oxygen atoms in total. The van der Waals surface area contributed by atoms with Crippen LogP contribution in [0.15, 0.2) is 0 Å². The van der Waals surface area contributed by atoms with Crippen molar-refractivity contribution in [2.24, 2.45) is 5.92 Å². The number of rotatable bonds is 7. The van der Waals surface area contributed by atoms with Crippen molar-refractivity contribution in [3.8, 4) is 6.07 Å². The van der Waals surface area contributed by atoms with Crippen molar-refractivity contribution in [3.05, 3.63) is 0 Å². The molecule has 1 rings (SSSR count). The van der Waals surface area contributed by atoms with E-state index in [1.165, 1.54) is 0 Å². The summed E-state index contributed by atoms with van der Waals surface area (Å²) in [5.74, 6) is -0.281. The Hall–Kier alpha value is -0.310. The molecule has 7 heteroatoms. The first-order valence-electron chi connectivity index (χ1n) is 6.70. The maximum atomic E-state index is 14.3. The Labute approximate surface area is 116 Å². The summed E-state index contributed by atoms with van der Waals surface area (Å²) in [7, 11) is -1.30. The van der Waals surface area contributed by atoms with Gasteiger partial charge >= 0.3 is 0 Å². The number of nitrogens with zero attached hydrogens (tertiary/aromatic N) is 1. The lowest BCUT2D eigenvalue weighted by atomic mass is 9.93. The number of aliphatic hydroxyl groups excluding tert-OH is 1. The first-order valence-corrected chi connectivity index (χ1v) is 7.91. The highest BCUT2D eigenvalue weighted by atomic mass is 31.2. The van der Waals surface area contributed by atoms with Crippen LogP contribution in [0.25, 0.3) is 0 Å². The van der Waals surface area contributed by atoms with E-state index in [9.17, 15) is 4.39 Å². The number of aliphatic hydroxyl groups is 1. The van der Waals surface area contributed by atoms with Crippen molar-refractivity contribution in [1.82, 2.24) is 0 Å². The number of hydrogen-bond acceptors (Lipinski definition) is 5. The van der Waals surface area contributed by atoms with Crippen LogP contribution in [0.5, 0.6) is 0 Å². The first-order chi connectivity index (χ1) is 9.51. The second kappa shape index (κ2) is 8.08. The second-order valence-electron chi connectivity index (χ2n) is 4.68. The van der Waals surface area contributed by atoms with Crippen LogP contribution in [0, 0.1) is 17.2 Å². The molecule has 0 saturated carbocycles. The quantitative estimate of drug-likeness (QED) is 0.574. The van der Waals surface area contributed by atoms with Gasteiger partial charge in [0.25, 0.3) is 0 Å². The molecule has 1 heterocycles. The Morgan fingerprint density at radius 2 is 2.47 bits per heavy atom. The van der Waals surface area contributed by atoms with Crippen molar-refractivity contribution < 1.29 is 23.3 Å². The number of nitriles is 1. The van der Waals surface area contributed by atoms with Gasteiger partial charge < -0.3 is 18.9 Å². The Balaban J connectivity index is 2.61. The summed E-state index contributed by atoms with van der Waals surface area (Å²) in [5, 5.41) is 12.9. The molecule has 0 aromatic carbocycles. The van der Waals surface area contributed by atoms with Gasteiger partial charge in [-0.15, -0.1) is 0 Å². The molecule has 1 N–H and O–H groups in total. The fourth-order valence-electron chi connectivity index (χ4n) is 1.90. The van der Waals surface area contributed by atoms with Crippen molar-refractivity contribution in [3.63, 3.8) is 0 Å². The predicted octanol–water partition coefficient (Wildman–Crippen LogP) is 2.00. The lowest BCUT2D eigenvalue weighted by Gasteiger charge is -2.39. The van der Waals surface area contributed by atoms with Gasteiger partial charge in [0.15, 0.2) is 8.38 Å². The largest absolute Gasteiger partial charge is 0.391 e. The molecule has 0 aromatic heterocycles. The second-order valence-corrected chi connectivity index (χ2v) is 6.02. The number of halogens is 1. The summed E-state index contributed by atoms with van der Waals surface area (Å²) < 4.78 is 37.8. The van der Waals surface area contributed by atoms with E-state index in [2.05, 4.69) is 5.11 Å². The minimum Gasteiger partial charge on any atom is -0.391 e. The Bertz CT molecular complexity index is 333. The highest BCUT2D eigenvalue weighted by Crippen LogP contribution is 2.40. The summed E-state index contributed by atoms with van der Waals surface area (Å²) in [6, 6.07) is 1.96. The van der Waals surface area contributed by atoms with E-state index in [0.29, 0.717) is 0 Å². The summed E-state index contributed by atoms with van der Waals surface area (Å²) >= 11 is 0. The van der Waals surface area contributed by atoms with Crippen molar-refractivity contribution in [1.29, 1.82) is 6.69 Å². The molecular weight excluding hydrogens is 272 g/mol. The van der Waals surface area contributed by atoms with E-state index in [0.717, 1.165) is 0 Å². The molecule has 0 bridgehead atoms. The summed E-state index contributed by atoms with van der Waals surface area (Å²) in [5.41, 5.74) is 0. The average Bonchev–Trinajstić information content (AvgIpc) is 2.43. The molecule has 1 unspecified atom stereocenters. The van der Waals surface area contributed by atoms with Crippen LogP contribution in [-0.4, -0.2) is 50.9 Å². The van der Waals surface area contributed by atoms with Crippen LogP contribution >= 0.6 is 8.38 Å². The zero-order valence-corrected chi connectivity index (χ0v) is 12.3. The van der Waals surface area contributed by atoms with Crippen LogP contribution in [0.1, 0.15) is 20.3 Å². The van der Waals surface area contributed by atoms with Crippen LogP contribution in [0.4, 0.5) is 4.39 Å². The maximum Gasteiger partial charge on any atom is 0.211 e. The average molecular weight is 294 g/mol. The number of alkyl halides is 1. The van der Waals surface area contributed by atoms with Crippen LogP contribution in [-0.2, 0) is 13.8 Å². The third-order valence-electron chi connectivity index (χ3n) is 2.95. The topological polar surface area (TPSA) is 71.7 Å². The molecule has 110 valence electrons. The van der Waals surface area contributed by atoms with Gasteiger partial charge in [-0.2, -0.15) is 5.26 Å². The molecule has 0 amide bonds. The Kier molecular flexibility index (Phi) is 6.42. The van der Waals surface area contributed by atoms with Gasteiger partial charge in [-0.3, -0.25) is 0 Å². The van der Waals surface area contributed by atoms with E-state index < -0.39 is 32.9 Å². The fraction of sp³-hybridized carbons (Fsp3) is 0.917. The minimum absolute atomic E-state index is 0.258. The van der Waals surface area contributed by atoms with E-state index in [1.807, 2.05) is 6.07 Å². The third kappa shape index (κ3) is 4.94. The van der Waals surface area contributed by atoms with Crippen molar-refractivity contribution in [2.45, 2.75) is 44.8 Å². The van der Waals surface area contributed by atoms with Crippen LogP contribution < -0.4 is 0 Å². The normalized spacial score (nSPS) is 35.2. The van der Waals surface area contributed by atoms with Crippen LogP contribution in [0.3, 0.4) is 0 Å². The standard InChI is InChI=1S/C12H21FNO4P/c1-8-7-16-11(9(2)15)12(10(8)13)18-19(3)17-6-4-5-14/h8-12,15H,4,6-7H2,1-3H3/t8-,9-,10+,11-,12+,19?/m1/s1/i15D. The van der Waals surface area contributed by atoms with Crippen molar-refractivity contribution >= 4 is 8.38 Å². The predicted molar refractivity (Wildman–Crippen MR) is 69.4 cm³/mol. The van der Waals surface area contributed by atoms with Gasteiger partial charge in [-0.1, -0.05) is 6.92 Å². The van der Waals surface area contributed by atoms with Crippen LogP contribution in [0.2, 0.25) is 0 Å². The number of ether oxygens (including phenoxy) is 1. The molecule has 1 fully saturated rings. The molecule has 19 heavy (non-hydrogen) atoms. The highest BCUT2D eigenvalue weighted by molar-refractivity contribution is 7.46. The molecule has 6 atom stereocenters. The summed E-state index contributed by atoms with van der Waals surface area (Å²) in [6.45, 7) is 5.63. The lowest BCUT2D eigenvalue weighted by molar-refractivity contribution is -0.160. The van der Waals surface area contributed by atoms with E-state index >= 15 is 0 Å². The molecule has 1 saturated heterocycles. The van der Waals surface area contributed by atoms with Gasteiger partial charge in [-0.05, 0) is 6.92 Å². The first kappa shape index (κ1) is 15.1. The Morgan fingerprint density at radius 1 is 1.74 bits per heavy atom. The van der Waals surface area contributed by atoms with E-state index in [-0.39, 0.29) is 25.6 Å². The molecule has 1 aliphatic rings. The molecule has 0 aliphatic carbocycles. The maximum absolute atomic E-state index is 14.3. The van der Waals surface area contributed by atoms with Gasteiger partial charge in [0.1, 0.15) is 18.4 Å². The molecular formula is C12H21FNO4P. The number of hydrogen-bond donors (Lipinski definition) is 1. The summed E-state index contributed by atoms with van der Waals surface area (Å²) in [4.78, 5) is 0. The van der Waals surface area contributed by atoms with Gasteiger partial charge in [0, 0.05) is 12.6 Å². The van der Waals surface area contributed by atoms with Crippen molar-refractivity contribution in [2.75, 3.05) is 19.9 Å². The minimum atomic E-state index is -1.30. The highest BCUT2D eigenvalue weighted by Gasteiger charge is 2.43. The SMILES string of the molecule is [2H]O[C@H](C)[C@H]1OC[C@@H](C)[C@H](F)[C@@H]1OP(C)OCCC#N. The van der Waals surface area contributed by atoms with Gasteiger partial charge in [0.05, 0.1) is 31.8 Å². The third-order valence-corrected chi connectivity index (χ3v) is 4.04.